The predicted molar refractivity (Wildman–Crippen MR) is 92.8 cm³/mol. The number of aromatic hydroxyl groups is 2. The molecule has 1 aromatic heterocycles. The van der Waals surface area contributed by atoms with Gasteiger partial charge in [-0.1, -0.05) is 6.58 Å². The number of esters is 2. The Morgan fingerprint density at radius 1 is 1.00 bits per heavy atom. The van der Waals surface area contributed by atoms with Crippen molar-refractivity contribution in [3.05, 3.63) is 54.1 Å². The van der Waals surface area contributed by atoms with Crippen LogP contribution in [-0.2, 0) is 24.3 Å². The smallest absolute Gasteiger partial charge is 0.338 e. The fourth-order valence-corrected chi connectivity index (χ4v) is 3.30. The van der Waals surface area contributed by atoms with Gasteiger partial charge in [0.15, 0.2) is 0 Å². The van der Waals surface area contributed by atoms with Gasteiger partial charge < -0.3 is 19.7 Å². The van der Waals surface area contributed by atoms with Crippen LogP contribution >= 0.6 is 0 Å². The van der Waals surface area contributed by atoms with Gasteiger partial charge in [0.05, 0.1) is 10.5 Å². The number of benzene rings is 1. The third-order valence-corrected chi connectivity index (χ3v) is 5.05. The zero-order valence-electron chi connectivity index (χ0n) is 14.3. The van der Waals surface area contributed by atoms with Gasteiger partial charge in [0.1, 0.15) is 13.2 Å². The first kappa shape index (κ1) is 20.0. The zero-order chi connectivity index (χ0) is 20.2. The van der Waals surface area contributed by atoms with Gasteiger partial charge >= 0.3 is 11.9 Å². The molecule has 27 heavy (non-hydrogen) atoms. The Hall–Kier alpha value is -3.27. The van der Waals surface area contributed by atoms with E-state index in [1.54, 1.807) is 0 Å². The van der Waals surface area contributed by atoms with Crippen molar-refractivity contribution < 1.29 is 37.7 Å². The van der Waals surface area contributed by atoms with E-state index < -0.39 is 33.7 Å². The lowest BCUT2D eigenvalue weighted by molar-refractivity contribution is -0.140. The third-order valence-electron chi connectivity index (χ3n) is 3.32. The molecule has 9 nitrogen and oxygen atoms in total. The summed E-state index contributed by atoms with van der Waals surface area (Å²) in [7, 11) is -4.24. The Balaban J connectivity index is 2.03. The Morgan fingerprint density at radius 2 is 1.52 bits per heavy atom. The Bertz CT molecular complexity index is 953. The number of hydrogen-bond acceptors (Lipinski definition) is 8. The maximum absolute atomic E-state index is 12.4. The molecular formula is C17H17NO8S. The Kier molecular flexibility index (Phi) is 5.91. The Morgan fingerprint density at radius 3 is 2.04 bits per heavy atom. The van der Waals surface area contributed by atoms with Crippen molar-refractivity contribution in [1.82, 2.24) is 3.97 Å². The van der Waals surface area contributed by atoms with Crippen LogP contribution in [0.15, 0.2) is 53.4 Å². The van der Waals surface area contributed by atoms with E-state index >= 15 is 0 Å². The van der Waals surface area contributed by atoms with E-state index in [-0.39, 0.29) is 29.2 Å². The molecule has 2 N–H and O–H groups in total. The Labute approximate surface area is 155 Å². The third kappa shape index (κ3) is 4.47. The van der Waals surface area contributed by atoms with E-state index in [0.717, 1.165) is 24.3 Å². The first-order valence-electron chi connectivity index (χ1n) is 7.59. The first-order valence-corrected chi connectivity index (χ1v) is 9.03. The summed E-state index contributed by atoms with van der Waals surface area (Å²) in [6.07, 6.45) is 0. The summed E-state index contributed by atoms with van der Waals surface area (Å²) in [5.41, 5.74) is 0.291. The predicted octanol–water partition coefficient (Wildman–Crippen LogP) is 1.41. The molecule has 0 atom stereocenters. The van der Waals surface area contributed by atoms with Crippen molar-refractivity contribution in [2.45, 2.75) is 11.8 Å². The lowest BCUT2D eigenvalue weighted by Crippen LogP contribution is -2.15. The fraction of sp³-hybridized carbons (Fsp3) is 0.176. The summed E-state index contributed by atoms with van der Waals surface area (Å²) in [6, 6.07) is 6.75. The molecule has 0 bridgehead atoms. The number of aromatic nitrogens is 1. The summed E-state index contributed by atoms with van der Waals surface area (Å²) in [4.78, 5) is 22.8. The standard InChI is InChI=1S/C17H17NO8S/c1-11(2)16(21)25-9-10-26-17(22)12-3-5-13(6-4-12)27(23,24)18-14(19)7-8-15(18)20/h3-8,19-20H,1,9-10H2,2H3. The van der Waals surface area contributed by atoms with Gasteiger partial charge in [-0.2, -0.15) is 3.97 Å². The second-order valence-corrected chi connectivity index (χ2v) is 7.18. The van der Waals surface area contributed by atoms with Crippen molar-refractivity contribution in [2.24, 2.45) is 0 Å². The monoisotopic (exact) mass is 395 g/mol. The summed E-state index contributed by atoms with van der Waals surface area (Å²) >= 11 is 0. The van der Waals surface area contributed by atoms with Crippen LogP contribution in [0.4, 0.5) is 0 Å². The highest BCUT2D eigenvalue weighted by Gasteiger charge is 2.23. The molecule has 0 spiro atoms. The van der Waals surface area contributed by atoms with Gasteiger partial charge in [0.2, 0.25) is 11.8 Å². The van der Waals surface area contributed by atoms with Gasteiger partial charge in [0.25, 0.3) is 10.0 Å². The largest absolute Gasteiger partial charge is 0.494 e. The summed E-state index contributed by atoms with van der Waals surface area (Å²) < 4.78 is 34.9. The van der Waals surface area contributed by atoms with Crippen LogP contribution in [0.25, 0.3) is 0 Å². The summed E-state index contributed by atoms with van der Waals surface area (Å²) in [6.45, 7) is 4.57. The zero-order valence-corrected chi connectivity index (χ0v) is 15.1. The van der Waals surface area contributed by atoms with E-state index in [4.69, 9.17) is 9.47 Å². The molecular weight excluding hydrogens is 378 g/mol. The second-order valence-electron chi connectivity index (χ2n) is 5.40. The number of carbonyl (C=O) groups excluding carboxylic acids is 2. The molecule has 2 aromatic rings. The number of nitrogens with zero attached hydrogens (tertiary/aromatic N) is 1. The first-order chi connectivity index (χ1) is 12.6. The van der Waals surface area contributed by atoms with E-state index in [1.807, 2.05) is 0 Å². The molecule has 0 saturated heterocycles. The molecule has 2 rings (SSSR count). The molecule has 0 aliphatic heterocycles. The lowest BCUT2D eigenvalue weighted by Gasteiger charge is -2.09. The highest BCUT2D eigenvalue weighted by atomic mass is 32.2. The van der Waals surface area contributed by atoms with Crippen molar-refractivity contribution >= 4 is 22.0 Å². The van der Waals surface area contributed by atoms with E-state index in [2.05, 4.69) is 6.58 Å². The minimum absolute atomic E-state index is 0.0705. The number of carbonyl (C=O) groups is 2. The molecule has 10 heteroatoms. The topological polar surface area (TPSA) is 132 Å². The van der Waals surface area contributed by atoms with Gasteiger partial charge in [-0.25, -0.2) is 18.0 Å². The van der Waals surface area contributed by atoms with Crippen molar-refractivity contribution in [1.29, 1.82) is 0 Å². The van der Waals surface area contributed by atoms with Gasteiger partial charge in [-0.05, 0) is 31.2 Å². The van der Waals surface area contributed by atoms with Crippen LogP contribution in [0.2, 0.25) is 0 Å². The average molecular weight is 395 g/mol. The fourth-order valence-electron chi connectivity index (χ4n) is 1.99. The number of rotatable bonds is 7. The summed E-state index contributed by atoms with van der Waals surface area (Å²) in [5.74, 6) is -2.64. The van der Waals surface area contributed by atoms with Crippen LogP contribution in [-0.4, -0.2) is 47.8 Å². The minimum atomic E-state index is -4.24. The molecule has 1 heterocycles. The average Bonchev–Trinajstić information content (AvgIpc) is 2.97. The van der Waals surface area contributed by atoms with E-state index in [0.29, 0.717) is 3.97 Å². The number of hydrogen-bond donors (Lipinski definition) is 2. The lowest BCUT2D eigenvalue weighted by atomic mass is 10.2. The number of ether oxygens (including phenoxy) is 2. The maximum Gasteiger partial charge on any atom is 0.338 e. The van der Waals surface area contributed by atoms with Crippen molar-refractivity contribution in [3.8, 4) is 11.8 Å². The van der Waals surface area contributed by atoms with Crippen LogP contribution in [0.5, 0.6) is 11.8 Å². The molecule has 0 unspecified atom stereocenters. The molecule has 144 valence electrons. The molecule has 0 fully saturated rings. The van der Waals surface area contributed by atoms with Crippen LogP contribution < -0.4 is 0 Å². The SMILES string of the molecule is C=C(C)C(=O)OCCOC(=O)c1ccc(S(=O)(=O)n2c(O)ccc2O)cc1. The van der Waals surface area contributed by atoms with E-state index in [1.165, 1.54) is 19.1 Å². The second kappa shape index (κ2) is 7.96. The van der Waals surface area contributed by atoms with Crippen molar-refractivity contribution in [2.75, 3.05) is 13.2 Å². The van der Waals surface area contributed by atoms with Crippen molar-refractivity contribution in [3.63, 3.8) is 0 Å². The molecule has 0 radical (unpaired) electrons. The minimum Gasteiger partial charge on any atom is -0.494 e. The molecule has 0 aliphatic carbocycles. The van der Waals surface area contributed by atoms with Gasteiger partial charge in [-0.15, -0.1) is 0 Å². The van der Waals surface area contributed by atoms with Crippen LogP contribution in [0.1, 0.15) is 17.3 Å². The van der Waals surface area contributed by atoms with E-state index in [9.17, 15) is 28.2 Å². The maximum atomic E-state index is 12.4. The molecule has 1 aromatic carbocycles. The highest BCUT2D eigenvalue weighted by molar-refractivity contribution is 7.90. The normalized spacial score (nSPS) is 11.0. The highest BCUT2D eigenvalue weighted by Crippen LogP contribution is 2.27. The molecule has 0 aliphatic rings. The molecule has 0 saturated carbocycles. The van der Waals surface area contributed by atoms with Crippen LogP contribution in [0.3, 0.4) is 0 Å². The van der Waals surface area contributed by atoms with Crippen LogP contribution in [0, 0.1) is 0 Å². The molecule has 0 amide bonds. The quantitative estimate of drug-likeness (QED) is 0.409. The van der Waals surface area contributed by atoms with Gasteiger partial charge in [0, 0.05) is 17.7 Å². The van der Waals surface area contributed by atoms with Gasteiger partial charge in [-0.3, -0.25) is 0 Å². The summed E-state index contributed by atoms with van der Waals surface area (Å²) in [5, 5.41) is 19.1.